The predicted octanol–water partition coefficient (Wildman–Crippen LogP) is 1.51. The lowest BCUT2D eigenvalue weighted by Gasteiger charge is -2.06. The molecule has 26 heavy (non-hydrogen) atoms. The molecule has 0 spiro atoms. The van der Waals surface area contributed by atoms with Gasteiger partial charge in [-0.15, -0.1) is 11.8 Å². The molecule has 1 aromatic carbocycles. The summed E-state index contributed by atoms with van der Waals surface area (Å²) in [7, 11) is 0. The topological polar surface area (TPSA) is 111 Å². The molecule has 0 aliphatic carbocycles. The Morgan fingerprint density at radius 3 is 2.62 bits per heavy atom. The highest BCUT2D eigenvalue weighted by Crippen LogP contribution is 2.08. The molecule has 2 rings (SSSR count). The number of amides is 2. The van der Waals surface area contributed by atoms with Crippen molar-refractivity contribution in [3.05, 3.63) is 47.7 Å². The first-order valence-electron chi connectivity index (χ1n) is 7.80. The van der Waals surface area contributed by atoms with Gasteiger partial charge in [0.25, 0.3) is 5.91 Å². The Morgan fingerprint density at radius 1 is 1.15 bits per heavy atom. The van der Waals surface area contributed by atoms with E-state index in [0.29, 0.717) is 18.1 Å². The highest BCUT2D eigenvalue weighted by molar-refractivity contribution is 8.00. The number of aryl methyl sites for hydroxylation is 1. The Balaban J connectivity index is 1.55. The molecule has 0 unspecified atom stereocenters. The minimum Gasteiger partial charge on any atom is -0.455 e. The van der Waals surface area contributed by atoms with Crippen LogP contribution in [0.2, 0.25) is 0 Å². The number of hydrogen-bond acceptors (Lipinski definition) is 7. The van der Waals surface area contributed by atoms with Crippen molar-refractivity contribution in [1.82, 2.24) is 10.5 Å². The van der Waals surface area contributed by atoms with Crippen LogP contribution in [-0.2, 0) is 25.7 Å². The number of hydrogen-bond donors (Lipinski definition) is 2. The number of benzene rings is 1. The number of ether oxygens (including phenoxy) is 1. The van der Waals surface area contributed by atoms with Crippen molar-refractivity contribution >= 4 is 35.4 Å². The summed E-state index contributed by atoms with van der Waals surface area (Å²) in [6, 6.07) is 11.0. The van der Waals surface area contributed by atoms with Crippen molar-refractivity contribution in [2.75, 3.05) is 23.4 Å². The number of anilines is 1. The molecule has 1 aromatic heterocycles. The van der Waals surface area contributed by atoms with Crippen LogP contribution in [0, 0.1) is 6.92 Å². The smallest absolute Gasteiger partial charge is 0.316 e. The van der Waals surface area contributed by atoms with Crippen LogP contribution < -0.4 is 10.6 Å². The minimum atomic E-state index is -0.560. The van der Waals surface area contributed by atoms with Gasteiger partial charge in [0.2, 0.25) is 5.91 Å². The molecule has 0 bridgehead atoms. The number of rotatable bonds is 9. The Kier molecular flexibility index (Phi) is 7.69. The van der Waals surface area contributed by atoms with E-state index in [4.69, 9.17) is 9.26 Å². The maximum atomic E-state index is 11.7. The Morgan fingerprint density at radius 2 is 1.92 bits per heavy atom. The van der Waals surface area contributed by atoms with Gasteiger partial charge in [0.15, 0.2) is 12.4 Å². The largest absolute Gasteiger partial charge is 0.455 e. The van der Waals surface area contributed by atoms with E-state index in [0.717, 1.165) is 17.3 Å². The molecule has 0 saturated heterocycles. The number of nitrogens with one attached hydrogen (secondary N) is 2. The highest BCUT2D eigenvalue weighted by Gasteiger charge is 2.10. The summed E-state index contributed by atoms with van der Waals surface area (Å²) in [5.74, 6) is -0.316. The fourth-order valence-electron chi connectivity index (χ4n) is 1.87. The molecule has 1 heterocycles. The summed E-state index contributed by atoms with van der Waals surface area (Å²) in [4.78, 5) is 34.9. The molecule has 0 atom stereocenters. The molecule has 0 aliphatic heterocycles. The van der Waals surface area contributed by atoms with E-state index in [1.54, 1.807) is 13.0 Å². The molecule has 2 N–H and O–H groups in total. The van der Waals surface area contributed by atoms with Crippen LogP contribution in [0.3, 0.4) is 0 Å². The van der Waals surface area contributed by atoms with E-state index in [-0.39, 0.29) is 29.9 Å². The van der Waals surface area contributed by atoms with Crippen molar-refractivity contribution in [2.45, 2.75) is 13.5 Å². The van der Waals surface area contributed by atoms with Crippen LogP contribution in [0.5, 0.6) is 0 Å². The van der Waals surface area contributed by atoms with Gasteiger partial charge in [0, 0.05) is 12.6 Å². The monoisotopic (exact) mass is 377 g/mol. The van der Waals surface area contributed by atoms with Crippen molar-refractivity contribution in [3.8, 4) is 0 Å². The number of carbonyl (C=O) groups is 3. The lowest BCUT2D eigenvalue weighted by atomic mass is 10.2. The van der Waals surface area contributed by atoms with Crippen LogP contribution in [0.4, 0.5) is 5.82 Å². The molecule has 0 radical (unpaired) electrons. The van der Waals surface area contributed by atoms with Crippen LogP contribution >= 0.6 is 11.8 Å². The summed E-state index contributed by atoms with van der Waals surface area (Å²) in [6.07, 6.45) is 0. The Hall–Kier alpha value is -2.81. The first-order valence-corrected chi connectivity index (χ1v) is 8.95. The SMILES string of the molecule is Cc1cc(NC(=O)CSCC(=O)OCC(=O)NCc2ccccc2)no1. The third kappa shape index (κ3) is 7.39. The zero-order valence-corrected chi connectivity index (χ0v) is 15.0. The summed E-state index contributed by atoms with van der Waals surface area (Å²) in [6.45, 7) is 1.73. The van der Waals surface area contributed by atoms with Gasteiger partial charge in [0.1, 0.15) is 5.76 Å². The fraction of sp³-hybridized carbons (Fsp3) is 0.294. The van der Waals surface area contributed by atoms with Crippen LogP contribution in [0.1, 0.15) is 11.3 Å². The standard InChI is InChI=1S/C17H19N3O5S/c1-12-7-14(20-25-12)19-16(22)10-26-11-17(23)24-9-15(21)18-8-13-5-3-2-4-6-13/h2-7H,8-11H2,1H3,(H,18,21)(H,19,20,22). The van der Waals surface area contributed by atoms with Gasteiger partial charge in [0.05, 0.1) is 11.5 Å². The van der Waals surface area contributed by atoms with Crippen molar-refractivity contribution in [2.24, 2.45) is 0 Å². The second kappa shape index (κ2) is 10.2. The van der Waals surface area contributed by atoms with Gasteiger partial charge in [-0.1, -0.05) is 35.5 Å². The van der Waals surface area contributed by atoms with Crippen LogP contribution in [-0.4, -0.2) is 41.1 Å². The zero-order chi connectivity index (χ0) is 18.8. The highest BCUT2D eigenvalue weighted by atomic mass is 32.2. The molecular formula is C17H19N3O5S. The summed E-state index contributed by atoms with van der Waals surface area (Å²) in [5, 5.41) is 8.83. The normalized spacial score (nSPS) is 10.2. The molecule has 2 aromatic rings. The molecule has 0 aliphatic rings. The number of carbonyl (C=O) groups excluding carboxylic acids is 3. The first kappa shape index (κ1) is 19.5. The van der Waals surface area contributed by atoms with Crippen molar-refractivity contribution in [3.63, 3.8) is 0 Å². The molecule has 138 valence electrons. The Labute approximate surface area is 154 Å². The first-order chi connectivity index (χ1) is 12.5. The fourth-order valence-corrected chi connectivity index (χ4v) is 2.48. The van der Waals surface area contributed by atoms with Crippen molar-refractivity contribution in [1.29, 1.82) is 0 Å². The maximum absolute atomic E-state index is 11.7. The minimum absolute atomic E-state index is 0.0305. The molecule has 0 fully saturated rings. The molecule has 8 nitrogen and oxygen atoms in total. The van der Waals surface area contributed by atoms with E-state index >= 15 is 0 Å². The number of nitrogens with zero attached hydrogens (tertiary/aromatic N) is 1. The number of aromatic nitrogens is 1. The average molecular weight is 377 g/mol. The quantitative estimate of drug-likeness (QED) is 0.637. The van der Waals surface area contributed by atoms with Gasteiger partial charge in [-0.3, -0.25) is 14.4 Å². The van der Waals surface area contributed by atoms with Gasteiger partial charge in [-0.2, -0.15) is 0 Å². The second-order valence-electron chi connectivity index (χ2n) is 5.29. The molecular weight excluding hydrogens is 358 g/mol. The van der Waals surface area contributed by atoms with Crippen LogP contribution in [0.15, 0.2) is 40.9 Å². The van der Waals surface area contributed by atoms with E-state index in [1.807, 2.05) is 30.3 Å². The molecule has 9 heteroatoms. The lowest BCUT2D eigenvalue weighted by Crippen LogP contribution is -2.28. The average Bonchev–Trinajstić information content (AvgIpc) is 3.03. The second-order valence-corrected chi connectivity index (χ2v) is 6.27. The van der Waals surface area contributed by atoms with Gasteiger partial charge < -0.3 is 19.9 Å². The Bertz CT molecular complexity index is 748. The van der Waals surface area contributed by atoms with Gasteiger partial charge in [-0.25, -0.2) is 0 Å². The van der Waals surface area contributed by atoms with E-state index < -0.39 is 5.97 Å². The summed E-state index contributed by atoms with van der Waals surface area (Å²) in [5.41, 5.74) is 0.955. The summed E-state index contributed by atoms with van der Waals surface area (Å²) < 4.78 is 9.69. The number of esters is 1. The number of thioether (sulfide) groups is 1. The molecule has 2 amide bonds. The lowest BCUT2D eigenvalue weighted by molar-refractivity contribution is -0.145. The van der Waals surface area contributed by atoms with Crippen molar-refractivity contribution < 1.29 is 23.6 Å². The maximum Gasteiger partial charge on any atom is 0.316 e. The third-order valence-electron chi connectivity index (χ3n) is 3.05. The van der Waals surface area contributed by atoms with Gasteiger partial charge >= 0.3 is 5.97 Å². The van der Waals surface area contributed by atoms with Gasteiger partial charge in [-0.05, 0) is 12.5 Å². The van der Waals surface area contributed by atoms with E-state index in [2.05, 4.69) is 15.8 Å². The van der Waals surface area contributed by atoms with Crippen LogP contribution in [0.25, 0.3) is 0 Å². The van der Waals surface area contributed by atoms with E-state index in [1.165, 1.54) is 0 Å². The third-order valence-corrected chi connectivity index (χ3v) is 3.95. The zero-order valence-electron chi connectivity index (χ0n) is 14.2. The predicted molar refractivity (Wildman–Crippen MR) is 96.4 cm³/mol. The summed E-state index contributed by atoms with van der Waals surface area (Å²) >= 11 is 1.08. The van der Waals surface area contributed by atoms with E-state index in [9.17, 15) is 14.4 Å². The molecule has 0 saturated carbocycles.